The lowest BCUT2D eigenvalue weighted by molar-refractivity contribution is 0.0945. The van der Waals surface area contributed by atoms with Crippen LogP contribution in [0.1, 0.15) is 16.1 Å². The predicted octanol–water partition coefficient (Wildman–Crippen LogP) is 1.55. The number of nitrogens with one attached hydrogen (secondary N) is 1. The van der Waals surface area contributed by atoms with E-state index >= 15 is 0 Å². The zero-order valence-corrected chi connectivity index (χ0v) is 10.3. The third kappa shape index (κ3) is 3.25. The van der Waals surface area contributed by atoms with Gasteiger partial charge in [-0.25, -0.2) is 9.37 Å². The van der Waals surface area contributed by atoms with E-state index < -0.39 is 0 Å². The minimum absolute atomic E-state index is 0.149. The van der Waals surface area contributed by atoms with E-state index in [1.165, 1.54) is 43.9 Å². The Morgan fingerprint density at radius 3 is 2.95 bits per heavy atom. The van der Waals surface area contributed by atoms with E-state index in [9.17, 15) is 9.18 Å². The van der Waals surface area contributed by atoms with E-state index in [4.69, 9.17) is 4.74 Å². The molecule has 1 aromatic heterocycles. The van der Waals surface area contributed by atoms with Gasteiger partial charge in [0.15, 0.2) is 0 Å². The van der Waals surface area contributed by atoms with Crippen molar-refractivity contribution in [1.29, 1.82) is 0 Å². The highest BCUT2D eigenvalue weighted by Gasteiger charge is 2.09. The Bertz CT molecular complexity index is 575. The number of aromatic nitrogens is 2. The zero-order valence-electron chi connectivity index (χ0n) is 10.3. The van der Waals surface area contributed by atoms with Gasteiger partial charge in [0.25, 0.3) is 5.91 Å². The Morgan fingerprint density at radius 1 is 1.42 bits per heavy atom. The molecule has 1 aromatic carbocycles. The van der Waals surface area contributed by atoms with Crippen LogP contribution in [0.25, 0.3) is 0 Å². The van der Waals surface area contributed by atoms with Gasteiger partial charge in [0.2, 0.25) is 0 Å². The fourth-order valence-corrected chi connectivity index (χ4v) is 1.57. The maximum atomic E-state index is 13.1. The smallest absolute Gasteiger partial charge is 0.271 e. The van der Waals surface area contributed by atoms with E-state index in [2.05, 4.69) is 15.3 Å². The highest BCUT2D eigenvalue weighted by Crippen LogP contribution is 2.18. The van der Waals surface area contributed by atoms with Crippen molar-refractivity contribution in [3.63, 3.8) is 0 Å². The number of rotatable bonds is 4. The Morgan fingerprint density at radius 2 is 2.26 bits per heavy atom. The third-order valence-electron chi connectivity index (χ3n) is 2.48. The van der Waals surface area contributed by atoms with Gasteiger partial charge in [0, 0.05) is 24.5 Å². The molecule has 0 saturated heterocycles. The van der Waals surface area contributed by atoms with Crippen LogP contribution in [0.15, 0.2) is 36.8 Å². The largest absolute Gasteiger partial charge is 0.496 e. The average Bonchev–Trinajstić information content (AvgIpc) is 2.46. The summed E-state index contributed by atoms with van der Waals surface area (Å²) in [6.07, 6.45) is 4.27. The first kappa shape index (κ1) is 12.9. The Hall–Kier alpha value is -2.50. The fraction of sp³-hybridized carbons (Fsp3) is 0.154. The monoisotopic (exact) mass is 261 g/mol. The molecule has 98 valence electrons. The molecule has 2 aromatic rings. The Labute approximate surface area is 109 Å². The van der Waals surface area contributed by atoms with Crippen molar-refractivity contribution >= 4 is 5.91 Å². The van der Waals surface area contributed by atoms with Crippen LogP contribution in [0.3, 0.4) is 0 Å². The lowest BCUT2D eigenvalue weighted by Crippen LogP contribution is -2.24. The van der Waals surface area contributed by atoms with Crippen molar-refractivity contribution in [2.45, 2.75) is 6.54 Å². The van der Waals surface area contributed by atoms with Gasteiger partial charge in [-0.3, -0.25) is 9.78 Å². The highest BCUT2D eigenvalue weighted by atomic mass is 19.1. The molecule has 1 amide bonds. The van der Waals surface area contributed by atoms with Crippen LogP contribution >= 0.6 is 0 Å². The zero-order chi connectivity index (χ0) is 13.7. The maximum Gasteiger partial charge on any atom is 0.271 e. The highest BCUT2D eigenvalue weighted by molar-refractivity contribution is 5.91. The molecule has 2 rings (SSSR count). The second-order valence-electron chi connectivity index (χ2n) is 3.73. The van der Waals surface area contributed by atoms with Crippen LogP contribution in [0.2, 0.25) is 0 Å². The molecule has 0 aliphatic heterocycles. The van der Waals surface area contributed by atoms with Gasteiger partial charge in [0.05, 0.1) is 13.3 Å². The normalized spacial score (nSPS) is 10.0. The maximum absolute atomic E-state index is 13.1. The number of ether oxygens (including phenoxy) is 1. The quantitative estimate of drug-likeness (QED) is 0.907. The van der Waals surface area contributed by atoms with E-state index in [-0.39, 0.29) is 24.0 Å². The number of carbonyl (C=O) groups is 1. The van der Waals surface area contributed by atoms with Crippen LogP contribution in [0, 0.1) is 5.82 Å². The van der Waals surface area contributed by atoms with Gasteiger partial charge >= 0.3 is 0 Å². The van der Waals surface area contributed by atoms with Crippen LogP contribution < -0.4 is 10.1 Å². The molecule has 1 heterocycles. The summed E-state index contributed by atoms with van der Waals surface area (Å²) in [6.45, 7) is 0.149. The SMILES string of the molecule is COc1ccc(F)cc1CNC(=O)c1cnccn1. The number of hydrogen-bond acceptors (Lipinski definition) is 4. The molecule has 0 bridgehead atoms. The van der Waals surface area contributed by atoms with E-state index in [0.29, 0.717) is 11.3 Å². The molecule has 0 spiro atoms. The third-order valence-corrected chi connectivity index (χ3v) is 2.48. The minimum atomic E-state index is -0.385. The number of nitrogens with zero attached hydrogens (tertiary/aromatic N) is 2. The number of carbonyl (C=O) groups excluding carboxylic acids is 1. The Balaban J connectivity index is 2.07. The standard InChI is InChI=1S/C13H12FN3O2/c1-19-12-3-2-10(14)6-9(12)7-17-13(18)11-8-15-4-5-16-11/h2-6,8H,7H2,1H3,(H,17,18). The molecule has 0 radical (unpaired) electrons. The van der Waals surface area contributed by atoms with Crippen LogP contribution in [0.4, 0.5) is 4.39 Å². The van der Waals surface area contributed by atoms with Gasteiger partial charge in [-0.15, -0.1) is 0 Å². The number of hydrogen-bond donors (Lipinski definition) is 1. The average molecular weight is 261 g/mol. The molecule has 19 heavy (non-hydrogen) atoms. The second-order valence-corrected chi connectivity index (χ2v) is 3.73. The molecule has 0 fully saturated rings. The van der Waals surface area contributed by atoms with Gasteiger partial charge in [-0.2, -0.15) is 0 Å². The van der Waals surface area contributed by atoms with Crippen molar-refractivity contribution in [3.05, 3.63) is 53.9 Å². The molecule has 6 heteroatoms. The number of halogens is 1. The predicted molar refractivity (Wildman–Crippen MR) is 66.2 cm³/mol. The summed E-state index contributed by atoms with van der Waals surface area (Å²) in [7, 11) is 1.49. The summed E-state index contributed by atoms with van der Waals surface area (Å²) in [6, 6.07) is 4.13. The molecular weight excluding hydrogens is 249 g/mol. The fourth-order valence-electron chi connectivity index (χ4n) is 1.57. The number of methoxy groups -OCH3 is 1. The van der Waals surface area contributed by atoms with Crippen molar-refractivity contribution in [1.82, 2.24) is 15.3 Å². The van der Waals surface area contributed by atoms with Crippen molar-refractivity contribution < 1.29 is 13.9 Å². The van der Waals surface area contributed by atoms with Crippen molar-refractivity contribution in [3.8, 4) is 5.75 Å². The first-order valence-corrected chi connectivity index (χ1v) is 5.57. The molecule has 0 unspecified atom stereocenters. The molecule has 0 saturated carbocycles. The van der Waals surface area contributed by atoms with Crippen LogP contribution in [0.5, 0.6) is 5.75 Å². The molecule has 0 atom stereocenters. The molecule has 5 nitrogen and oxygen atoms in total. The van der Waals surface area contributed by atoms with Gasteiger partial charge in [-0.05, 0) is 18.2 Å². The summed E-state index contributed by atoms with van der Waals surface area (Å²) in [5.74, 6) is -0.246. The summed E-state index contributed by atoms with van der Waals surface area (Å²) < 4.78 is 18.2. The number of amides is 1. The molecule has 1 N–H and O–H groups in total. The van der Waals surface area contributed by atoms with Gasteiger partial charge in [-0.1, -0.05) is 0 Å². The second kappa shape index (κ2) is 5.90. The van der Waals surface area contributed by atoms with Crippen molar-refractivity contribution in [2.75, 3.05) is 7.11 Å². The van der Waals surface area contributed by atoms with Gasteiger partial charge < -0.3 is 10.1 Å². The molecular formula is C13H12FN3O2. The van der Waals surface area contributed by atoms with Gasteiger partial charge in [0.1, 0.15) is 17.3 Å². The summed E-state index contributed by atoms with van der Waals surface area (Å²) in [5.41, 5.74) is 0.762. The first-order chi connectivity index (χ1) is 9.20. The summed E-state index contributed by atoms with van der Waals surface area (Å²) in [5, 5.41) is 2.63. The number of benzene rings is 1. The van der Waals surface area contributed by atoms with Crippen LogP contribution in [-0.2, 0) is 6.54 Å². The topological polar surface area (TPSA) is 64.1 Å². The van der Waals surface area contributed by atoms with E-state index in [1.54, 1.807) is 0 Å². The summed E-state index contributed by atoms with van der Waals surface area (Å²) in [4.78, 5) is 19.4. The molecule has 0 aliphatic rings. The minimum Gasteiger partial charge on any atom is -0.496 e. The van der Waals surface area contributed by atoms with Crippen molar-refractivity contribution in [2.24, 2.45) is 0 Å². The first-order valence-electron chi connectivity index (χ1n) is 5.57. The van der Waals surface area contributed by atoms with Crippen LogP contribution in [-0.4, -0.2) is 23.0 Å². The molecule has 0 aliphatic carbocycles. The lowest BCUT2D eigenvalue weighted by Gasteiger charge is -2.09. The van der Waals surface area contributed by atoms with E-state index in [0.717, 1.165) is 0 Å². The Kier molecular flexibility index (Phi) is 4.02. The van der Waals surface area contributed by atoms with E-state index in [1.807, 2.05) is 0 Å². The summed E-state index contributed by atoms with van der Waals surface area (Å²) >= 11 is 0. The lowest BCUT2D eigenvalue weighted by atomic mass is 10.2.